The Morgan fingerprint density at radius 3 is 2.71 bits per heavy atom. The highest BCUT2D eigenvalue weighted by Crippen LogP contribution is 2.04. The van der Waals surface area contributed by atoms with Crippen LogP contribution in [0.1, 0.15) is 5.56 Å². The van der Waals surface area contributed by atoms with Gasteiger partial charge in [-0.1, -0.05) is 41.9 Å². The van der Waals surface area contributed by atoms with Crippen LogP contribution in [0.15, 0.2) is 41.4 Å². The molecule has 0 N–H and O–H groups in total. The van der Waals surface area contributed by atoms with Crippen molar-refractivity contribution in [1.29, 1.82) is 0 Å². The Kier molecular flexibility index (Phi) is 4.97. The van der Waals surface area contributed by atoms with Gasteiger partial charge in [0.25, 0.3) is 0 Å². The average molecular weight is 211 g/mol. The van der Waals surface area contributed by atoms with E-state index < -0.39 is 0 Å². The van der Waals surface area contributed by atoms with Crippen LogP contribution in [-0.2, 0) is 16.1 Å². The normalized spacial score (nSPS) is 11.4. The first-order chi connectivity index (χ1) is 6.83. The highest BCUT2D eigenvalue weighted by molar-refractivity contribution is 6.30. The van der Waals surface area contributed by atoms with E-state index in [1.54, 1.807) is 0 Å². The Hall–Kier alpha value is -1.12. The second-order valence-electron chi connectivity index (χ2n) is 2.73. The van der Waals surface area contributed by atoms with Gasteiger partial charge in [0.2, 0.25) is 0 Å². The van der Waals surface area contributed by atoms with Crippen molar-refractivity contribution in [3.63, 3.8) is 0 Å². The number of hydrogen-bond donors (Lipinski definition) is 0. The minimum atomic E-state index is 0.273. The number of halogens is 1. The van der Waals surface area contributed by atoms with Gasteiger partial charge in [0.15, 0.2) is 0 Å². The van der Waals surface area contributed by atoms with E-state index >= 15 is 0 Å². The SMILES string of the molecule is O=C/C=C(/Cl)COCc1ccccc1. The molecule has 0 saturated carbocycles. The molecule has 0 atom stereocenters. The minimum absolute atomic E-state index is 0.273. The summed E-state index contributed by atoms with van der Waals surface area (Å²) in [6.07, 6.45) is 1.93. The number of carbonyl (C=O) groups excluding carboxylic acids is 1. The van der Waals surface area contributed by atoms with Crippen LogP contribution in [0.4, 0.5) is 0 Å². The third kappa shape index (κ3) is 4.21. The summed E-state index contributed by atoms with van der Waals surface area (Å²) in [5.74, 6) is 0. The first kappa shape index (κ1) is 11.0. The fourth-order valence-electron chi connectivity index (χ4n) is 0.963. The molecule has 0 bridgehead atoms. The fourth-order valence-corrected chi connectivity index (χ4v) is 1.09. The van der Waals surface area contributed by atoms with Crippen LogP contribution in [0.25, 0.3) is 0 Å². The Bertz CT molecular complexity index is 306. The van der Waals surface area contributed by atoms with E-state index in [2.05, 4.69) is 0 Å². The smallest absolute Gasteiger partial charge is 0.144 e. The summed E-state index contributed by atoms with van der Waals surface area (Å²) in [5, 5.41) is 0.413. The van der Waals surface area contributed by atoms with Crippen molar-refractivity contribution < 1.29 is 9.53 Å². The molecule has 0 heterocycles. The summed E-state index contributed by atoms with van der Waals surface area (Å²) in [4.78, 5) is 10.0. The number of benzene rings is 1. The van der Waals surface area contributed by atoms with Crippen LogP contribution >= 0.6 is 11.6 Å². The van der Waals surface area contributed by atoms with Gasteiger partial charge < -0.3 is 4.74 Å². The van der Waals surface area contributed by atoms with E-state index in [-0.39, 0.29) is 6.61 Å². The lowest BCUT2D eigenvalue weighted by atomic mass is 10.2. The van der Waals surface area contributed by atoms with Crippen LogP contribution in [0.3, 0.4) is 0 Å². The average Bonchev–Trinajstić information content (AvgIpc) is 2.20. The van der Waals surface area contributed by atoms with Crippen LogP contribution in [-0.4, -0.2) is 12.9 Å². The van der Waals surface area contributed by atoms with Crippen LogP contribution in [0, 0.1) is 0 Å². The van der Waals surface area contributed by atoms with E-state index in [0.29, 0.717) is 17.9 Å². The van der Waals surface area contributed by atoms with Crippen molar-refractivity contribution in [2.75, 3.05) is 6.61 Å². The molecule has 0 aliphatic heterocycles. The number of ether oxygens (including phenoxy) is 1. The predicted octanol–water partition coefficient (Wildman–Crippen LogP) is 2.52. The van der Waals surface area contributed by atoms with Crippen molar-refractivity contribution in [3.05, 3.63) is 47.0 Å². The fraction of sp³-hybridized carbons (Fsp3) is 0.182. The molecule has 0 aromatic heterocycles. The van der Waals surface area contributed by atoms with Gasteiger partial charge in [-0.15, -0.1) is 0 Å². The molecular formula is C11H11ClO2. The molecule has 1 aromatic carbocycles. The summed E-state index contributed by atoms with van der Waals surface area (Å²) >= 11 is 5.65. The second-order valence-corrected chi connectivity index (χ2v) is 3.21. The van der Waals surface area contributed by atoms with Crippen molar-refractivity contribution >= 4 is 17.9 Å². The lowest BCUT2D eigenvalue weighted by molar-refractivity contribution is -0.104. The first-order valence-electron chi connectivity index (χ1n) is 4.24. The van der Waals surface area contributed by atoms with E-state index in [9.17, 15) is 4.79 Å². The molecule has 0 aliphatic rings. The number of aldehydes is 1. The van der Waals surface area contributed by atoms with Crippen molar-refractivity contribution in [2.45, 2.75) is 6.61 Å². The summed E-state index contributed by atoms with van der Waals surface area (Å²) in [6, 6.07) is 9.78. The molecule has 74 valence electrons. The third-order valence-corrected chi connectivity index (χ3v) is 1.84. The van der Waals surface area contributed by atoms with Gasteiger partial charge in [-0.2, -0.15) is 0 Å². The van der Waals surface area contributed by atoms with Crippen LogP contribution in [0.2, 0.25) is 0 Å². The van der Waals surface area contributed by atoms with Crippen LogP contribution in [0.5, 0.6) is 0 Å². The quantitative estimate of drug-likeness (QED) is 0.552. The minimum Gasteiger partial charge on any atom is -0.371 e. The predicted molar refractivity (Wildman–Crippen MR) is 56.1 cm³/mol. The van der Waals surface area contributed by atoms with Gasteiger partial charge in [0.05, 0.1) is 13.2 Å². The maximum atomic E-state index is 10.0. The highest BCUT2D eigenvalue weighted by Gasteiger charge is 1.94. The van der Waals surface area contributed by atoms with Crippen molar-refractivity contribution in [3.8, 4) is 0 Å². The summed E-state index contributed by atoms with van der Waals surface area (Å²) in [6.45, 7) is 0.777. The lowest BCUT2D eigenvalue weighted by Gasteiger charge is -2.02. The maximum Gasteiger partial charge on any atom is 0.144 e. The maximum absolute atomic E-state index is 10.0. The van der Waals surface area contributed by atoms with Gasteiger partial charge in [-0.3, -0.25) is 4.79 Å². The van der Waals surface area contributed by atoms with E-state index in [1.165, 1.54) is 6.08 Å². The van der Waals surface area contributed by atoms with Gasteiger partial charge in [-0.05, 0) is 11.6 Å². The highest BCUT2D eigenvalue weighted by atomic mass is 35.5. The zero-order valence-corrected chi connectivity index (χ0v) is 8.41. The Labute approximate surface area is 88.1 Å². The molecule has 0 radical (unpaired) electrons. The number of carbonyl (C=O) groups is 1. The molecule has 0 saturated heterocycles. The molecule has 0 unspecified atom stereocenters. The Balaban J connectivity index is 2.29. The topological polar surface area (TPSA) is 26.3 Å². The molecule has 0 aliphatic carbocycles. The Morgan fingerprint density at radius 1 is 1.36 bits per heavy atom. The van der Waals surface area contributed by atoms with Crippen LogP contribution < -0.4 is 0 Å². The summed E-state index contributed by atoms with van der Waals surface area (Å²) in [7, 11) is 0. The van der Waals surface area contributed by atoms with E-state index in [1.807, 2.05) is 30.3 Å². The van der Waals surface area contributed by atoms with Gasteiger partial charge in [0.1, 0.15) is 6.29 Å². The third-order valence-electron chi connectivity index (χ3n) is 1.60. The molecule has 14 heavy (non-hydrogen) atoms. The Morgan fingerprint density at radius 2 is 2.07 bits per heavy atom. The summed E-state index contributed by atoms with van der Waals surface area (Å²) < 4.78 is 5.27. The standard InChI is InChI=1S/C11H11ClO2/c12-11(6-7-13)9-14-8-10-4-2-1-3-5-10/h1-7H,8-9H2/b11-6+. The molecular weight excluding hydrogens is 200 g/mol. The van der Waals surface area contributed by atoms with Crippen molar-refractivity contribution in [1.82, 2.24) is 0 Å². The van der Waals surface area contributed by atoms with Gasteiger partial charge in [-0.25, -0.2) is 0 Å². The molecule has 1 aromatic rings. The van der Waals surface area contributed by atoms with E-state index in [0.717, 1.165) is 5.56 Å². The number of allylic oxidation sites excluding steroid dienone is 1. The zero-order valence-electron chi connectivity index (χ0n) is 7.65. The zero-order chi connectivity index (χ0) is 10.2. The number of rotatable bonds is 5. The van der Waals surface area contributed by atoms with Gasteiger partial charge >= 0.3 is 0 Å². The van der Waals surface area contributed by atoms with Gasteiger partial charge in [0, 0.05) is 5.03 Å². The molecule has 2 nitrogen and oxygen atoms in total. The first-order valence-corrected chi connectivity index (χ1v) is 4.62. The molecule has 3 heteroatoms. The number of hydrogen-bond acceptors (Lipinski definition) is 2. The monoisotopic (exact) mass is 210 g/mol. The molecule has 0 spiro atoms. The summed E-state index contributed by atoms with van der Waals surface area (Å²) in [5.41, 5.74) is 1.09. The lowest BCUT2D eigenvalue weighted by Crippen LogP contribution is -1.95. The molecule has 0 fully saturated rings. The molecule has 0 amide bonds. The molecule has 1 rings (SSSR count). The second kappa shape index (κ2) is 6.35. The van der Waals surface area contributed by atoms with E-state index in [4.69, 9.17) is 16.3 Å². The van der Waals surface area contributed by atoms with Crippen molar-refractivity contribution in [2.24, 2.45) is 0 Å². The largest absolute Gasteiger partial charge is 0.371 e.